The molecule has 0 spiro atoms. The maximum atomic E-state index is 13.7. The van der Waals surface area contributed by atoms with E-state index in [9.17, 15) is 17.6 Å². The first kappa shape index (κ1) is 17.0. The van der Waals surface area contributed by atoms with Crippen molar-refractivity contribution >= 4 is 10.9 Å². The van der Waals surface area contributed by atoms with E-state index in [0.717, 1.165) is 12.1 Å². The van der Waals surface area contributed by atoms with Crippen LogP contribution in [0.3, 0.4) is 0 Å². The van der Waals surface area contributed by atoms with Crippen molar-refractivity contribution < 1.29 is 27.0 Å². The lowest BCUT2D eigenvalue weighted by Crippen LogP contribution is -2.17. The number of nitrogens with zero attached hydrogens (tertiary/aromatic N) is 1. The van der Waals surface area contributed by atoms with Gasteiger partial charge in [0, 0.05) is 25.2 Å². The van der Waals surface area contributed by atoms with Gasteiger partial charge in [0.1, 0.15) is 11.6 Å². The van der Waals surface area contributed by atoms with Gasteiger partial charge < -0.3 is 14.0 Å². The van der Waals surface area contributed by atoms with E-state index in [1.807, 2.05) is 0 Å². The van der Waals surface area contributed by atoms with Crippen LogP contribution in [0.25, 0.3) is 10.9 Å². The SMILES string of the molecule is C=C.COCCn1ccc2c(OC(F)(F)F)ccc(F)c21. The number of methoxy groups -OCH3 is 1. The number of hydrogen-bond donors (Lipinski definition) is 0. The Morgan fingerprint density at radius 1 is 1.19 bits per heavy atom. The molecule has 0 aliphatic rings. The molecule has 1 aromatic heterocycles. The van der Waals surface area contributed by atoms with Crippen LogP contribution in [0.2, 0.25) is 0 Å². The molecule has 0 bridgehead atoms. The Hall–Kier alpha value is -2.02. The maximum Gasteiger partial charge on any atom is 0.573 e. The van der Waals surface area contributed by atoms with Crippen molar-refractivity contribution in [1.29, 1.82) is 0 Å². The van der Waals surface area contributed by atoms with Crippen LogP contribution >= 0.6 is 0 Å². The number of hydrogen-bond acceptors (Lipinski definition) is 2. The van der Waals surface area contributed by atoms with Gasteiger partial charge in [-0.2, -0.15) is 0 Å². The number of benzene rings is 1. The fourth-order valence-electron chi connectivity index (χ4n) is 1.84. The second-order valence-electron chi connectivity index (χ2n) is 3.86. The molecule has 0 radical (unpaired) electrons. The predicted molar refractivity (Wildman–Crippen MR) is 71.7 cm³/mol. The third-order valence-electron chi connectivity index (χ3n) is 2.60. The quantitative estimate of drug-likeness (QED) is 0.626. The van der Waals surface area contributed by atoms with Crippen LogP contribution < -0.4 is 4.74 Å². The molecule has 3 nitrogen and oxygen atoms in total. The summed E-state index contributed by atoms with van der Waals surface area (Å²) in [4.78, 5) is 0. The van der Waals surface area contributed by atoms with Gasteiger partial charge in [0.15, 0.2) is 0 Å². The van der Waals surface area contributed by atoms with Crippen molar-refractivity contribution in [3.05, 3.63) is 43.4 Å². The monoisotopic (exact) mass is 305 g/mol. The van der Waals surface area contributed by atoms with Crippen molar-refractivity contribution in [1.82, 2.24) is 4.57 Å². The molecule has 2 rings (SSSR count). The van der Waals surface area contributed by atoms with E-state index in [4.69, 9.17) is 4.74 Å². The molecule has 0 unspecified atom stereocenters. The lowest BCUT2D eigenvalue weighted by Gasteiger charge is -2.11. The molecule has 116 valence electrons. The standard InChI is InChI=1S/C12H11F4NO2.C2H4/c1-18-7-6-17-5-4-8-10(19-12(14,15)16)3-2-9(13)11(8)17;1-2/h2-5H,6-7H2,1H3;1-2H2. The summed E-state index contributed by atoms with van der Waals surface area (Å²) >= 11 is 0. The molecule has 0 atom stereocenters. The lowest BCUT2D eigenvalue weighted by molar-refractivity contribution is -0.274. The molecule has 0 aliphatic heterocycles. The fourth-order valence-corrected chi connectivity index (χ4v) is 1.84. The minimum absolute atomic E-state index is 0.0683. The molecule has 0 saturated carbocycles. The highest BCUT2D eigenvalue weighted by atomic mass is 19.4. The Labute approximate surface area is 119 Å². The maximum absolute atomic E-state index is 13.7. The molecule has 0 N–H and O–H groups in total. The zero-order chi connectivity index (χ0) is 16.0. The summed E-state index contributed by atoms with van der Waals surface area (Å²) in [7, 11) is 1.49. The Kier molecular flexibility index (Phi) is 5.78. The van der Waals surface area contributed by atoms with Gasteiger partial charge in [-0.05, 0) is 18.2 Å². The summed E-state index contributed by atoms with van der Waals surface area (Å²) in [6.07, 6.45) is -3.31. The van der Waals surface area contributed by atoms with Gasteiger partial charge in [-0.3, -0.25) is 0 Å². The molecule has 21 heavy (non-hydrogen) atoms. The first-order chi connectivity index (χ1) is 9.92. The van der Waals surface area contributed by atoms with E-state index >= 15 is 0 Å². The largest absolute Gasteiger partial charge is 0.573 e. The predicted octanol–water partition coefficient (Wildman–Crippen LogP) is 4.13. The average molecular weight is 305 g/mol. The fraction of sp³-hybridized carbons (Fsp3) is 0.286. The van der Waals surface area contributed by atoms with Gasteiger partial charge in [-0.15, -0.1) is 26.3 Å². The molecule has 1 aromatic carbocycles. The van der Waals surface area contributed by atoms with Gasteiger partial charge in [-0.25, -0.2) is 4.39 Å². The van der Waals surface area contributed by atoms with E-state index in [0.29, 0.717) is 13.2 Å². The number of fused-ring (bicyclic) bond motifs is 1. The van der Waals surface area contributed by atoms with Crippen molar-refractivity contribution in [3.63, 3.8) is 0 Å². The summed E-state index contributed by atoms with van der Waals surface area (Å²) in [5.41, 5.74) is 0.0683. The highest BCUT2D eigenvalue weighted by Gasteiger charge is 2.32. The summed E-state index contributed by atoms with van der Waals surface area (Å²) < 4.78 is 60.7. The molecule has 1 heterocycles. The Morgan fingerprint density at radius 2 is 1.86 bits per heavy atom. The van der Waals surface area contributed by atoms with Gasteiger partial charge >= 0.3 is 6.36 Å². The van der Waals surface area contributed by atoms with Crippen LogP contribution in [0.5, 0.6) is 5.75 Å². The third kappa shape index (κ3) is 4.22. The molecule has 2 aromatic rings. The molecule has 0 saturated heterocycles. The summed E-state index contributed by atoms with van der Waals surface area (Å²) in [6.45, 7) is 6.67. The number of alkyl halides is 3. The first-order valence-corrected chi connectivity index (χ1v) is 5.94. The zero-order valence-corrected chi connectivity index (χ0v) is 11.4. The van der Waals surface area contributed by atoms with E-state index in [2.05, 4.69) is 17.9 Å². The summed E-state index contributed by atoms with van der Waals surface area (Å²) in [6, 6.07) is 3.30. The van der Waals surface area contributed by atoms with E-state index < -0.39 is 17.9 Å². The van der Waals surface area contributed by atoms with Crippen LogP contribution in [0, 0.1) is 5.82 Å². The van der Waals surface area contributed by atoms with Crippen LogP contribution in [0.1, 0.15) is 0 Å². The summed E-state index contributed by atoms with van der Waals surface area (Å²) in [5, 5.41) is 0.0772. The second kappa shape index (κ2) is 7.12. The average Bonchev–Trinajstić information content (AvgIpc) is 2.86. The Morgan fingerprint density at radius 3 is 2.43 bits per heavy atom. The van der Waals surface area contributed by atoms with Crippen LogP contribution in [0.4, 0.5) is 17.6 Å². The number of aromatic nitrogens is 1. The van der Waals surface area contributed by atoms with E-state index in [1.165, 1.54) is 23.9 Å². The van der Waals surface area contributed by atoms with Crippen LogP contribution in [0.15, 0.2) is 37.6 Å². The van der Waals surface area contributed by atoms with Gasteiger partial charge in [0.2, 0.25) is 0 Å². The minimum Gasteiger partial charge on any atom is -0.405 e. The highest BCUT2D eigenvalue weighted by Crippen LogP contribution is 2.32. The minimum atomic E-state index is -4.81. The van der Waals surface area contributed by atoms with E-state index in [-0.39, 0.29) is 10.9 Å². The highest BCUT2D eigenvalue weighted by molar-refractivity contribution is 5.87. The molecular weight excluding hydrogens is 290 g/mol. The third-order valence-corrected chi connectivity index (χ3v) is 2.60. The normalized spacial score (nSPS) is 11.1. The lowest BCUT2D eigenvalue weighted by atomic mass is 10.2. The van der Waals surface area contributed by atoms with Crippen molar-refractivity contribution in [3.8, 4) is 5.75 Å². The zero-order valence-electron chi connectivity index (χ0n) is 11.4. The molecule has 0 fully saturated rings. The molecule has 0 amide bonds. The Balaban J connectivity index is 0.00000106. The first-order valence-electron chi connectivity index (χ1n) is 5.94. The molecule has 7 heteroatoms. The van der Waals surface area contributed by atoms with Crippen LogP contribution in [-0.2, 0) is 11.3 Å². The van der Waals surface area contributed by atoms with Gasteiger partial charge in [-0.1, -0.05) is 0 Å². The van der Waals surface area contributed by atoms with Gasteiger partial charge in [0.25, 0.3) is 0 Å². The van der Waals surface area contributed by atoms with Crippen molar-refractivity contribution in [2.75, 3.05) is 13.7 Å². The molecule has 0 aliphatic carbocycles. The second-order valence-corrected chi connectivity index (χ2v) is 3.86. The van der Waals surface area contributed by atoms with E-state index in [1.54, 1.807) is 0 Å². The number of halogens is 4. The van der Waals surface area contributed by atoms with Gasteiger partial charge in [0.05, 0.1) is 12.1 Å². The Bertz CT molecular complexity index is 592. The van der Waals surface area contributed by atoms with Crippen molar-refractivity contribution in [2.45, 2.75) is 12.9 Å². The van der Waals surface area contributed by atoms with Crippen molar-refractivity contribution in [2.24, 2.45) is 0 Å². The number of rotatable bonds is 4. The smallest absolute Gasteiger partial charge is 0.405 e. The topological polar surface area (TPSA) is 23.4 Å². The molecular formula is C14H15F4NO2. The number of ether oxygens (including phenoxy) is 2. The van der Waals surface area contributed by atoms with Crippen LogP contribution in [-0.4, -0.2) is 24.6 Å². The summed E-state index contributed by atoms with van der Waals surface area (Å²) in [5.74, 6) is -1.02.